The van der Waals surface area contributed by atoms with Crippen LogP contribution in [0.15, 0.2) is 18.2 Å². The Morgan fingerprint density at radius 2 is 2.28 bits per heavy atom. The molecule has 2 aromatic rings. The van der Waals surface area contributed by atoms with Crippen molar-refractivity contribution in [3.63, 3.8) is 0 Å². The van der Waals surface area contributed by atoms with Crippen LogP contribution in [0.4, 0.5) is 0 Å². The van der Waals surface area contributed by atoms with Gasteiger partial charge in [-0.15, -0.1) is 0 Å². The molecule has 0 aliphatic carbocycles. The third-order valence-corrected chi connectivity index (χ3v) is 3.51. The van der Waals surface area contributed by atoms with E-state index in [4.69, 9.17) is 11.6 Å². The van der Waals surface area contributed by atoms with E-state index in [9.17, 15) is 9.90 Å². The Bertz CT molecular complexity index is 655. The van der Waals surface area contributed by atoms with Crippen molar-refractivity contribution in [1.82, 2.24) is 10.3 Å². The molecule has 1 aromatic heterocycles. The van der Waals surface area contributed by atoms with E-state index in [1.165, 1.54) is 0 Å². The van der Waals surface area contributed by atoms with Gasteiger partial charge in [0.25, 0.3) is 0 Å². The number of aromatic carboxylic acids is 1. The largest absolute Gasteiger partial charge is 0.478 e. The Balaban J connectivity index is 2.44. The number of nitrogens with zero attached hydrogens (tertiary/aromatic N) is 1. The maximum atomic E-state index is 11.5. The number of aromatic nitrogens is 1. The van der Waals surface area contributed by atoms with E-state index in [0.29, 0.717) is 28.0 Å². The summed E-state index contributed by atoms with van der Waals surface area (Å²) in [6.45, 7) is 1.36. The Hall–Kier alpha value is -1.65. The van der Waals surface area contributed by atoms with E-state index in [1.54, 1.807) is 18.2 Å². The molecule has 1 aromatic carbocycles. The van der Waals surface area contributed by atoms with Crippen LogP contribution in [0.25, 0.3) is 10.9 Å². The summed E-state index contributed by atoms with van der Waals surface area (Å²) in [5, 5.41) is 13.7. The van der Waals surface area contributed by atoms with Crippen LogP contribution in [0.3, 0.4) is 0 Å². The number of nitrogens with one attached hydrogen (secondary N) is 1. The van der Waals surface area contributed by atoms with Crippen molar-refractivity contribution in [1.29, 1.82) is 0 Å². The van der Waals surface area contributed by atoms with Gasteiger partial charge in [-0.3, -0.25) is 4.98 Å². The number of para-hydroxylation sites is 1. The molecular weight excluding hydrogens is 252 g/mol. The van der Waals surface area contributed by atoms with Gasteiger partial charge in [0, 0.05) is 36.2 Å². The van der Waals surface area contributed by atoms with Crippen molar-refractivity contribution >= 4 is 28.5 Å². The zero-order valence-electron chi connectivity index (χ0n) is 9.53. The number of halogens is 1. The minimum Gasteiger partial charge on any atom is -0.478 e. The van der Waals surface area contributed by atoms with Gasteiger partial charge in [-0.2, -0.15) is 0 Å². The summed E-state index contributed by atoms with van der Waals surface area (Å²) >= 11 is 6.11. The first-order valence-electron chi connectivity index (χ1n) is 5.72. The van der Waals surface area contributed by atoms with Gasteiger partial charge in [0.2, 0.25) is 0 Å². The maximum Gasteiger partial charge on any atom is 0.336 e. The van der Waals surface area contributed by atoms with Crippen molar-refractivity contribution in [2.45, 2.75) is 13.0 Å². The second-order valence-electron chi connectivity index (χ2n) is 4.28. The number of hydrogen-bond donors (Lipinski definition) is 2. The molecule has 0 radical (unpaired) electrons. The van der Waals surface area contributed by atoms with Crippen LogP contribution in [-0.4, -0.2) is 22.6 Å². The highest BCUT2D eigenvalue weighted by atomic mass is 35.5. The Labute approximate surface area is 109 Å². The van der Waals surface area contributed by atoms with E-state index in [2.05, 4.69) is 10.3 Å². The molecule has 4 nitrogen and oxygen atoms in total. The number of carboxylic acid groups (broad SMARTS) is 1. The van der Waals surface area contributed by atoms with Gasteiger partial charge in [0.05, 0.1) is 16.1 Å². The Kier molecular flexibility index (Phi) is 2.69. The standard InChI is InChI=1S/C13H11ClN2O2/c14-9-3-1-2-7-11(13(17)18)8-6-15-5-4-10(8)16-12(7)9/h1-3,15H,4-6H2,(H,17,18). The van der Waals surface area contributed by atoms with E-state index in [-0.39, 0.29) is 0 Å². The van der Waals surface area contributed by atoms with Gasteiger partial charge in [-0.25, -0.2) is 4.79 Å². The van der Waals surface area contributed by atoms with Crippen LogP contribution in [0.2, 0.25) is 5.02 Å². The number of pyridine rings is 1. The molecule has 0 spiro atoms. The average Bonchev–Trinajstić information content (AvgIpc) is 2.36. The lowest BCUT2D eigenvalue weighted by molar-refractivity contribution is 0.0697. The van der Waals surface area contributed by atoms with Crippen LogP contribution in [0.1, 0.15) is 21.6 Å². The summed E-state index contributed by atoms with van der Waals surface area (Å²) in [5.74, 6) is -0.926. The molecule has 0 amide bonds. The van der Waals surface area contributed by atoms with Crippen LogP contribution >= 0.6 is 11.6 Å². The van der Waals surface area contributed by atoms with Crippen molar-refractivity contribution in [3.05, 3.63) is 40.0 Å². The lowest BCUT2D eigenvalue weighted by Gasteiger charge is -2.20. The third kappa shape index (κ3) is 1.65. The number of benzene rings is 1. The molecule has 0 unspecified atom stereocenters. The SMILES string of the molecule is O=C(O)c1c2c(nc3c(Cl)cccc13)CCNC2. The van der Waals surface area contributed by atoms with E-state index < -0.39 is 5.97 Å². The minimum absolute atomic E-state index is 0.324. The number of carbonyl (C=O) groups is 1. The van der Waals surface area contributed by atoms with Crippen LogP contribution < -0.4 is 5.32 Å². The Morgan fingerprint density at radius 3 is 3.06 bits per heavy atom. The zero-order chi connectivity index (χ0) is 12.7. The number of rotatable bonds is 1. The maximum absolute atomic E-state index is 11.5. The highest BCUT2D eigenvalue weighted by Crippen LogP contribution is 2.29. The summed E-state index contributed by atoms with van der Waals surface area (Å²) in [5.41, 5.74) is 2.53. The molecule has 0 fully saturated rings. The van der Waals surface area contributed by atoms with Gasteiger partial charge in [0.1, 0.15) is 0 Å². The quantitative estimate of drug-likeness (QED) is 0.827. The molecule has 5 heteroatoms. The number of carboxylic acids is 1. The second kappa shape index (κ2) is 4.23. The Morgan fingerprint density at radius 1 is 1.44 bits per heavy atom. The molecule has 0 atom stereocenters. The molecule has 0 saturated carbocycles. The van der Waals surface area contributed by atoms with Gasteiger partial charge in [0.15, 0.2) is 0 Å². The zero-order valence-corrected chi connectivity index (χ0v) is 10.3. The van der Waals surface area contributed by atoms with Crippen LogP contribution in [0, 0.1) is 0 Å². The molecule has 1 aliphatic heterocycles. The fourth-order valence-electron chi connectivity index (χ4n) is 2.40. The van der Waals surface area contributed by atoms with Gasteiger partial charge >= 0.3 is 5.97 Å². The summed E-state index contributed by atoms with van der Waals surface area (Å²) in [4.78, 5) is 16.0. The number of hydrogen-bond acceptors (Lipinski definition) is 3. The van der Waals surface area contributed by atoms with Gasteiger partial charge in [-0.1, -0.05) is 23.7 Å². The lowest BCUT2D eigenvalue weighted by Crippen LogP contribution is -2.27. The van der Waals surface area contributed by atoms with Crippen LogP contribution in [-0.2, 0) is 13.0 Å². The van der Waals surface area contributed by atoms with Crippen molar-refractivity contribution in [3.8, 4) is 0 Å². The normalized spacial score (nSPS) is 14.5. The minimum atomic E-state index is -0.926. The van der Waals surface area contributed by atoms with E-state index in [1.807, 2.05) is 0 Å². The van der Waals surface area contributed by atoms with Crippen molar-refractivity contribution in [2.24, 2.45) is 0 Å². The monoisotopic (exact) mass is 262 g/mol. The first-order chi connectivity index (χ1) is 8.68. The summed E-state index contributed by atoms with van der Waals surface area (Å²) in [7, 11) is 0. The molecule has 3 rings (SSSR count). The highest BCUT2D eigenvalue weighted by molar-refractivity contribution is 6.35. The predicted octanol–water partition coefficient (Wildman–Crippen LogP) is 2.23. The first kappa shape index (κ1) is 11.4. The lowest BCUT2D eigenvalue weighted by atomic mass is 9.97. The summed E-state index contributed by atoms with van der Waals surface area (Å²) in [6.07, 6.45) is 0.733. The molecule has 92 valence electrons. The van der Waals surface area contributed by atoms with Crippen molar-refractivity contribution < 1.29 is 9.90 Å². The predicted molar refractivity (Wildman–Crippen MR) is 69.1 cm³/mol. The van der Waals surface area contributed by atoms with Gasteiger partial charge < -0.3 is 10.4 Å². The molecule has 18 heavy (non-hydrogen) atoms. The highest BCUT2D eigenvalue weighted by Gasteiger charge is 2.22. The summed E-state index contributed by atoms with van der Waals surface area (Å²) < 4.78 is 0. The average molecular weight is 263 g/mol. The van der Waals surface area contributed by atoms with E-state index in [0.717, 1.165) is 24.2 Å². The van der Waals surface area contributed by atoms with E-state index >= 15 is 0 Å². The topological polar surface area (TPSA) is 62.2 Å². The summed E-state index contributed by atoms with van der Waals surface area (Å²) in [6, 6.07) is 5.24. The molecule has 2 N–H and O–H groups in total. The van der Waals surface area contributed by atoms with Crippen molar-refractivity contribution in [2.75, 3.05) is 6.54 Å². The molecule has 0 bridgehead atoms. The smallest absolute Gasteiger partial charge is 0.336 e. The third-order valence-electron chi connectivity index (χ3n) is 3.21. The molecule has 0 saturated heterocycles. The molecule has 1 aliphatic rings. The molecule has 2 heterocycles. The fraction of sp³-hybridized carbons (Fsp3) is 0.231. The van der Waals surface area contributed by atoms with Gasteiger partial charge in [-0.05, 0) is 6.07 Å². The fourth-order valence-corrected chi connectivity index (χ4v) is 2.62. The first-order valence-corrected chi connectivity index (χ1v) is 6.10. The second-order valence-corrected chi connectivity index (χ2v) is 4.69. The molecular formula is C13H11ClN2O2. The van der Waals surface area contributed by atoms with Crippen LogP contribution in [0.5, 0.6) is 0 Å². The number of fused-ring (bicyclic) bond motifs is 2.